The highest BCUT2D eigenvalue weighted by atomic mass is 16.5. The van der Waals surface area contributed by atoms with E-state index in [9.17, 15) is 9.59 Å². The minimum absolute atomic E-state index is 0.0200. The Balaban J connectivity index is 2.53. The largest absolute Gasteiger partial charge is 0.480 e. The Bertz CT molecular complexity index is 312. The molecule has 0 aromatic heterocycles. The summed E-state index contributed by atoms with van der Waals surface area (Å²) in [7, 11) is 0. The third-order valence-electron chi connectivity index (χ3n) is 3.15. The SMILES string of the molecule is CCCC[C@H](NC(=O)N1C[C@@H](C)O[C@@H](C)C1)C(=O)O. The number of nitrogens with zero attached hydrogens (tertiary/aromatic N) is 1. The number of hydrogen-bond donors (Lipinski definition) is 2. The molecule has 6 heteroatoms. The molecule has 2 N–H and O–H groups in total. The number of rotatable bonds is 5. The Labute approximate surface area is 114 Å². The number of nitrogens with one attached hydrogen (secondary N) is 1. The van der Waals surface area contributed by atoms with Crippen molar-refractivity contribution in [2.24, 2.45) is 0 Å². The summed E-state index contributed by atoms with van der Waals surface area (Å²) in [4.78, 5) is 24.8. The number of carbonyl (C=O) groups is 2. The zero-order valence-electron chi connectivity index (χ0n) is 11.9. The number of amides is 2. The molecule has 0 spiro atoms. The smallest absolute Gasteiger partial charge is 0.326 e. The van der Waals surface area contributed by atoms with Crippen LogP contribution in [0.25, 0.3) is 0 Å². The number of hydrogen-bond acceptors (Lipinski definition) is 3. The van der Waals surface area contributed by atoms with Crippen LogP contribution in [-0.2, 0) is 9.53 Å². The average Bonchev–Trinajstić information content (AvgIpc) is 2.32. The van der Waals surface area contributed by atoms with Crippen molar-refractivity contribution in [3.8, 4) is 0 Å². The van der Waals surface area contributed by atoms with E-state index in [0.29, 0.717) is 19.5 Å². The Hall–Kier alpha value is -1.30. The maximum Gasteiger partial charge on any atom is 0.326 e. The minimum Gasteiger partial charge on any atom is -0.480 e. The summed E-state index contributed by atoms with van der Waals surface area (Å²) in [6.07, 6.45) is 2.12. The molecular formula is C13H24N2O4. The highest BCUT2D eigenvalue weighted by molar-refractivity contribution is 5.82. The lowest BCUT2D eigenvalue weighted by Crippen LogP contribution is -2.54. The minimum atomic E-state index is -0.976. The van der Waals surface area contributed by atoms with Gasteiger partial charge in [-0.15, -0.1) is 0 Å². The molecule has 1 saturated heterocycles. The summed E-state index contributed by atoms with van der Waals surface area (Å²) in [6.45, 7) is 6.79. The van der Waals surface area contributed by atoms with Gasteiger partial charge in [0.1, 0.15) is 6.04 Å². The molecule has 0 radical (unpaired) electrons. The van der Waals surface area contributed by atoms with Gasteiger partial charge in [-0.3, -0.25) is 0 Å². The van der Waals surface area contributed by atoms with E-state index in [1.54, 1.807) is 4.90 Å². The fourth-order valence-electron chi connectivity index (χ4n) is 2.25. The predicted molar refractivity (Wildman–Crippen MR) is 71.1 cm³/mol. The second-order valence-corrected chi connectivity index (χ2v) is 5.14. The molecule has 0 saturated carbocycles. The summed E-state index contributed by atoms with van der Waals surface area (Å²) in [5.41, 5.74) is 0. The lowest BCUT2D eigenvalue weighted by atomic mass is 10.1. The molecule has 0 aromatic rings. The van der Waals surface area contributed by atoms with E-state index in [-0.39, 0.29) is 18.2 Å². The number of morpholine rings is 1. The molecule has 1 aliphatic rings. The van der Waals surface area contributed by atoms with Crippen LogP contribution in [0.2, 0.25) is 0 Å². The van der Waals surface area contributed by atoms with Gasteiger partial charge in [-0.1, -0.05) is 19.8 Å². The molecule has 3 atom stereocenters. The van der Waals surface area contributed by atoms with Crippen molar-refractivity contribution in [1.29, 1.82) is 0 Å². The quantitative estimate of drug-likeness (QED) is 0.794. The van der Waals surface area contributed by atoms with Gasteiger partial charge in [-0.2, -0.15) is 0 Å². The van der Waals surface area contributed by atoms with E-state index in [0.717, 1.165) is 12.8 Å². The summed E-state index contributed by atoms with van der Waals surface area (Å²) < 4.78 is 5.55. The van der Waals surface area contributed by atoms with Crippen LogP contribution < -0.4 is 5.32 Å². The molecule has 110 valence electrons. The zero-order chi connectivity index (χ0) is 14.4. The third-order valence-corrected chi connectivity index (χ3v) is 3.15. The van der Waals surface area contributed by atoms with Crippen LogP contribution in [0.3, 0.4) is 0 Å². The third kappa shape index (κ3) is 5.06. The second kappa shape index (κ2) is 7.33. The van der Waals surface area contributed by atoms with E-state index in [1.165, 1.54) is 0 Å². The number of unbranched alkanes of at least 4 members (excludes halogenated alkanes) is 1. The number of ether oxygens (including phenoxy) is 1. The Kier molecular flexibility index (Phi) is 6.08. The Morgan fingerprint density at radius 3 is 2.42 bits per heavy atom. The van der Waals surface area contributed by atoms with Crippen molar-refractivity contribution in [2.75, 3.05) is 13.1 Å². The van der Waals surface area contributed by atoms with Gasteiger partial charge in [0.25, 0.3) is 0 Å². The van der Waals surface area contributed by atoms with Gasteiger partial charge in [0.05, 0.1) is 12.2 Å². The van der Waals surface area contributed by atoms with Crippen LogP contribution in [-0.4, -0.2) is 53.3 Å². The average molecular weight is 272 g/mol. The molecule has 1 heterocycles. The fraction of sp³-hybridized carbons (Fsp3) is 0.846. The van der Waals surface area contributed by atoms with Gasteiger partial charge < -0.3 is 20.1 Å². The molecule has 1 fully saturated rings. The molecule has 19 heavy (non-hydrogen) atoms. The van der Waals surface area contributed by atoms with Crippen molar-refractivity contribution < 1.29 is 19.4 Å². The van der Waals surface area contributed by atoms with Crippen LogP contribution in [0.1, 0.15) is 40.0 Å². The van der Waals surface area contributed by atoms with Gasteiger partial charge >= 0.3 is 12.0 Å². The molecular weight excluding hydrogens is 248 g/mol. The molecule has 0 unspecified atom stereocenters. The number of urea groups is 1. The van der Waals surface area contributed by atoms with Gasteiger partial charge in [0.15, 0.2) is 0 Å². The highest BCUT2D eigenvalue weighted by Gasteiger charge is 2.28. The maximum atomic E-state index is 12.1. The van der Waals surface area contributed by atoms with Crippen LogP contribution in [0.5, 0.6) is 0 Å². The van der Waals surface area contributed by atoms with E-state index in [1.807, 2.05) is 20.8 Å². The molecule has 1 aliphatic heterocycles. The lowest BCUT2D eigenvalue weighted by molar-refractivity contribution is -0.139. The first kappa shape index (κ1) is 15.8. The van der Waals surface area contributed by atoms with Crippen molar-refractivity contribution in [2.45, 2.75) is 58.3 Å². The standard InChI is InChI=1S/C13H24N2O4/c1-4-5-6-11(12(16)17)14-13(18)15-7-9(2)19-10(3)8-15/h9-11H,4-8H2,1-3H3,(H,14,18)(H,16,17)/t9-,10+,11-/m0/s1. The molecule has 2 amide bonds. The van der Waals surface area contributed by atoms with Crippen molar-refractivity contribution in [3.63, 3.8) is 0 Å². The van der Waals surface area contributed by atoms with Crippen molar-refractivity contribution in [3.05, 3.63) is 0 Å². The molecule has 1 rings (SSSR count). The molecule has 6 nitrogen and oxygen atoms in total. The Morgan fingerprint density at radius 2 is 1.95 bits per heavy atom. The first-order chi connectivity index (χ1) is 8.93. The van der Waals surface area contributed by atoms with E-state index in [2.05, 4.69) is 5.32 Å². The first-order valence-corrected chi connectivity index (χ1v) is 6.87. The number of carboxylic acids is 1. The van der Waals surface area contributed by atoms with E-state index in [4.69, 9.17) is 9.84 Å². The van der Waals surface area contributed by atoms with Gasteiger partial charge in [-0.25, -0.2) is 9.59 Å². The van der Waals surface area contributed by atoms with Crippen LogP contribution in [0.15, 0.2) is 0 Å². The summed E-state index contributed by atoms with van der Waals surface area (Å²) >= 11 is 0. The van der Waals surface area contributed by atoms with E-state index >= 15 is 0 Å². The normalized spacial score (nSPS) is 24.9. The van der Waals surface area contributed by atoms with E-state index < -0.39 is 12.0 Å². The highest BCUT2D eigenvalue weighted by Crippen LogP contribution is 2.11. The number of carbonyl (C=O) groups excluding carboxylic acids is 1. The first-order valence-electron chi connectivity index (χ1n) is 6.87. The van der Waals surface area contributed by atoms with Gasteiger partial charge in [-0.05, 0) is 20.3 Å². The Morgan fingerprint density at radius 1 is 1.37 bits per heavy atom. The number of aliphatic carboxylic acids is 1. The maximum absolute atomic E-state index is 12.1. The summed E-state index contributed by atoms with van der Waals surface area (Å²) in [5, 5.41) is 11.7. The van der Waals surface area contributed by atoms with Crippen LogP contribution in [0, 0.1) is 0 Å². The lowest BCUT2D eigenvalue weighted by Gasteiger charge is -2.35. The second-order valence-electron chi connectivity index (χ2n) is 5.14. The predicted octanol–water partition coefficient (Wildman–Crippen LogP) is 1.45. The topological polar surface area (TPSA) is 78.9 Å². The molecule has 0 aliphatic carbocycles. The monoisotopic (exact) mass is 272 g/mol. The van der Waals surface area contributed by atoms with Crippen molar-refractivity contribution >= 4 is 12.0 Å². The summed E-state index contributed by atoms with van der Waals surface area (Å²) in [5.74, 6) is -0.976. The summed E-state index contributed by atoms with van der Waals surface area (Å²) in [6, 6.07) is -1.12. The van der Waals surface area contributed by atoms with Crippen LogP contribution in [0.4, 0.5) is 4.79 Å². The van der Waals surface area contributed by atoms with Crippen LogP contribution >= 0.6 is 0 Å². The van der Waals surface area contributed by atoms with Gasteiger partial charge in [0, 0.05) is 13.1 Å². The zero-order valence-corrected chi connectivity index (χ0v) is 11.9. The van der Waals surface area contributed by atoms with Crippen molar-refractivity contribution in [1.82, 2.24) is 10.2 Å². The number of carboxylic acid groups (broad SMARTS) is 1. The molecule has 0 aromatic carbocycles. The van der Waals surface area contributed by atoms with Gasteiger partial charge in [0.2, 0.25) is 0 Å². The fourth-order valence-corrected chi connectivity index (χ4v) is 2.25. The molecule has 0 bridgehead atoms.